The van der Waals surface area contributed by atoms with Gasteiger partial charge in [0.15, 0.2) is 5.72 Å². The van der Waals surface area contributed by atoms with Crippen LogP contribution in [0, 0.1) is 29.6 Å². The summed E-state index contributed by atoms with van der Waals surface area (Å²) in [5.74, 6) is 0.851. The van der Waals surface area contributed by atoms with E-state index >= 15 is 0 Å². The molecule has 1 amide bonds. The molecule has 0 radical (unpaired) electrons. The predicted molar refractivity (Wildman–Crippen MR) is 88.7 cm³/mol. The summed E-state index contributed by atoms with van der Waals surface area (Å²) < 4.78 is 7.50. The van der Waals surface area contributed by atoms with Gasteiger partial charge < -0.3 is 9.84 Å². The van der Waals surface area contributed by atoms with E-state index in [-0.39, 0.29) is 35.7 Å². The largest absolute Gasteiger partial charge is 0.390 e. The van der Waals surface area contributed by atoms with Gasteiger partial charge in [-0.1, -0.05) is 29.8 Å². The highest BCUT2D eigenvalue weighted by Crippen LogP contribution is 2.69. The normalized spacial score (nSPS) is 46.5. The van der Waals surface area contributed by atoms with Crippen LogP contribution in [0.2, 0.25) is 0 Å². The van der Waals surface area contributed by atoms with Crippen molar-refractivity contribution in [1.29, 1.82) is 0 Å². The number of rotatable bonds is 2. The smallest absolute Gasteiger partial charge is 0.233 e. The minimum Gasteiger partial charge on any atom is -0.390 e. The van der Waals surface area contributed by atoms with Gasteiger partial charge in [-0.05, 0) is 42.5 Å². The maximum atomic E-state index is 13.3. The van der Waals surface area contributed by atoms with Gasteiger partial charge in [-0.25, -0.2) is 0 Å². The number of nitrogens with zero attached hydrogens (tertiary/aromatic N) is 1. The Morgan fingerprint density at radius 1 is 1.30 bits per heavy atom. The van der Waals surface area contributed by atoms with E-state index in [0.717, 1.165) is 16.6 Å². The molecule has 5 heteroatoms. The Morgan fingerprint density at radius 3 is 2.65 bits per heavy atom. The van der Waals surface area contributed by atoms with Gasteiger partial charge in [0, 0.05) is 22.0 Å². The van der Waals surface area contributed by atoms with Crippen molar-refractivity contribution in [3.05, 3.63) is 28.7 Å². The summed E-state index contributed by atoms with van der Waals surface area (Å²) in [5, 5.41) is 10.5. The third kappa shape index (κ3) is 1.48. The van der Waals surface area contributed by atoms with E-state index in [9.17, 15) is 9.90 Å². The number of hydrogen-bond acceptors (Lipinski definition) is 3. The quantitative estimate of drug-likeness (QED) is 0.861. The van der Waals surface area contributed by atoms with Gasteiger partial charge in [0.05, 0.1) is 18.1 Å². The molecular formula is C18H20BrNO3. The van der Waals surface area contributed by atoms with E-state index in [4.69, 9.17) is 4.74 Å². The first-order chi connectivity index (χ1) is 11.0. The van der Waals surface area contributed by atoms with Crippen molar-refractivity contribution in [3.63, 3.8) is 0 Å². The molecule has 2 heterocycles. The lowest BCUT2D eigenvalue weighted by molar-refractivity contribution is -0.136. The average molecular weight is 378 g/mol. The van der Waals surface area contributed by atoms with Crippen molar-refractivity contribution in [2.45, 2.75) is 38.2 Å². The second-order valence-corrected chi connectivity index (χ2v) is 8.66. The number of benzene rings is 1. The van der Waals surface area contributed by atoms with E-state index in [1.165, 1.54) is 0 Å². The number of halogens is 1. The van der Waals surface area contributed by atoms with Crippen molar-refractivity contribution >= 4 is 27.5 Å². The fourth-order valence-corrected chi connectivity index (χ4v) is 6.17. The number of ether oxygens (including phenoxy) is 1. The van der Waals surface area contributed by atoms with Crippen LogP contribution >= 0.6 is 15.9 Å². The summed E-state index contributed by atoms with van der Waals surface area (Å²) in [7, 11) is 0. The zero-order valence-corrected chi connectivity index (χ0v) is 14.7. The fraction of sp³-hybridized carbons (Fsp3) is 0.611. The molecule has 122 valence electrons. The van der Waals surface area contributed by atoms with Crippen LogP contribution in [0.1, 0.15) is 20.3 Å². The summed E-state index contributed by atoms with van der Waals surface area (Å²) in [6.45, 7) is 4.26. The summed E-state index contributed by atoms with van der Waals surface area (Å²) >= 11 is 3.46. The second kappa shape index (κ2) is 4.38. The van der Waals surface area contributed by atoms with Crippen LogP contribution in [0.3, 0.4) is 0 Å². The molecule has 4 aliphatic rings. The summed E-state index contributed by atoms with van der Waals surface area (Å²) in [5.41, 5.74) is 0.299. The maximum Gasteiger partial charge on any atom is 0.233 e. The molecule has 2 aliphatic heterocycles. The van der Waals surface area contributed by atoms with E-state index in [2.05, 4.69) is 29.8 Å². The number of anilines is 1. The van der Waals surface area contributed by atoms with Gasteiger partial charge >= 0.3 is 0 Å². The molecule has 1 aromatic rings. The lowest BCUT2D eigenvalue weighted by Crippen LogP contribution is -2.54. The molecule has 7 atom stereocenters. The summed E-state index contributed by atoms with van der Waals surface area (Å²) in [6.07, 6.45) is 0.364. The zero-order chi connectivity index (χ0) is 16.1. The first-order valence-electron chi connectivity index (χ1n) is 8.42. The van der Waals surface area contributed by atoms with E-state index < -0.39 is 11.8 Å². The molecule has 4 nitrogen and oxygen atoms in total. The molecular weight excluding hydrogens is 358 g/mol. The van der Waals surface area contributed by atoms with Crippen molar-refractivity contribution in [3.8, 4) is 0 Å². The molecule has 1 aromatic carbocycles. The number of aliphatic hydroxyl groups is 1. The van der Waals surface area contributed by atoms with Crippen LogP contribution < -0.4 is 4.90 Å². The molecule has 2 bridgehead atoms. The monoisotopic (exact) mass is 377 g/mol. The van der Waals surface area contributed by atoms with Gasteiger partial charge in [-0.3, -0.25) is 9.69 Å². The van der Waals surface area contributed by atoms with Crippen LogP contribution in [0.5, 0.6) is 0 Å². The molecule has 23 heavy (non-hydrogen) atoms. The van der Waals surface area contributed by atoms with Crippen LogP contribution in [-0.2, 0) is 9.53 Å². The van der Waals surface area contributed by atoms with Crippen LogP contribution in [0.25, 0.3) is 0 Å². The molecule has 4 fully saturated rings. The van der Waals surface area contributed by atoms with Gasteiger partial charge in [0.2, 0.25) is 5.91 Å². The number of amides is 1. The first kappa shape index (κ1) is 14.4. The number of hydrogen-bond donors (Lipinski definition) is 1. The second-order valence-electron chi connectivity index (χ2n) is 7.74. The first-order valence-corrected chi connectivity index (χ1v) is 9.21. The standard InChI is InChI=1S/C18H20BrNO3/c1-8(2)18-14-12-7-11(15(21)16(12)23-18)13(14)17(22)20(18)10-5-3-9(19)4-6-10/h3-6,8,11-16,21H,7H2,1-2H3. The Morgan fingerprint density at radius 2 is 2.00 bits per heavy atom. The SMILES string of the molecule is CC(C)C12OC3C(O)C4CC3C1C4C(=O)N2c1ccc(Br)cc1. The van der Waals surface area contributed by atoms with Crippen molar-refractivity contribution in [1.82, 2.24) is 0 Å². The fourth-order valence-electron chi connectivity index (χ4n) is 5.90. The highest BCUT2D eigenvalue weighted by atomic mass is 79.9. The van der Waals surface area contributed by atoms with Crippen LogP contribution in [0.15, 0.2) is 28.7 Å². The Labute approximate surface area is 143 Å². The van der Waals surface area contributed by atoms with Crippen molar-refractivity contribution in [2.75, 3.05) is 4.90 Å². The molecule has 2 aliphatic carbocycles. The third-order valence-electron chi connectivity index (χ3n) is 6.62. The summed E-state index contributed by atoms with van der Waals surface area (Å²) in [4.78, 5) is 15.2. The van der Waals surface area contributed by atoms with E-state index in [1.807, 2.05) is 29.2 Å². The maximum absolute atomic E-state index is 13.3. The van der Waals surface area contributed by atoms with E-state index in [0.29, 0.717) is 5.92 Å². The minimum absolute atomic E-state index is 0.0728. The van der Waals surface area contributed by atoms with Crippen molar-refractivity contribution in [2.24, 2.45) is 29.6 Å². The van der Waals surface area contributed by atoms with Crippen LogP contribution in [0.4, 0.5) is 5.69 Å². The number of fused-ring (bicyclic) bond motifs is 2. The van der Waals surface area contributed by atoms with Crippen molar-refractivity contribution < 1.29 is 14.6 Å². The Hall–Kier alpha value is -0.910. The summed E-state index contributed by atoms with van der Waals surface area (Å²) in [6, 6.07) is 7.89. The van der Waals surface area contributed by atoms with Crippen LogP contribution in [-0.4, -0.2) is 28.9 Å². The lowest BCUT2D eigenvalue weighted by atomic mass is 9.74. The molecule has 0 spiro atoms. The predicted octanol–water partition coefficient (Wildman–Crippen LogP) is 2.79. The number of aliphatic hydroxyl groups excluding tert-OH is 1. The number of carbonyl (C=O) groups excluding carboxylic acids is 1. The zero-order valence-electron chi connectivity index (χ0n) is 13.1. The number of carbonyl (C=O) groups is 1. The molecule has 2 saturated carbocycles. The molecule has 0 aromatic heterocycles. The van der Waals surface area contributed by atoms with Gasteiger partial charge in [0.1, 0.15) is 0 Å². The minimum atomic E-state index is -0.600. The van der Waals surface area contributed by atoms with Gasteiger partial charge in [-0.2, -0.15) is 0 Å². The molecule has 1 N–H and O–H groups in total. The molecule has 5 rings (SSSR count). The van der Waals surface area contributed by atoms with Gasteiger partial charge in [-0.15, -0.1) is 0 Å². The Balaban J connectivity index is 1.69. The average Bonchev–Trinajstić information content (AvgIpc) is 3.17. The highest BCUT2D eigenvalue weighted by molar-refractivity contribution is 9.10. The Kier molecular flexibility index (Phi) is 2.75. The Bertz CT molecular complexity index is 690. The third-order valence-corrected chi connectivity index (χ3v) is 7.15. The topological polar surface area (TPSA) is 49.8 Å². The highest BCUT2D eigenvalue weighted by Gasteiger charge is 2.79. The molecule has 7 unspecified atom stereocenters. The van der Waals surface area contributed by atoms with E-state index in [1.54, 1.807) is 0 Å². The molecule has 2 saturated heterocycles. The van der Waals surface area contributed by atoms with Gasteiger partial charge in [0.25, 0.3) is 0 Å². The lowest BCUT2D eigenvalue weighted by Gasteiger charge is -2.42.